The molecule has 2 aromatic rings. The van der Waals surface area contributed by atoms with Crippen molar-refractivity contribution in [2.45, 2.75) is 26.8 Å². The number of rotatable bonds is 4. The second kappa shape index (κ2) is 5.83. The van der Waals surface area contributed by atoms with Crippen molar-refractivity contribution in [3.05, 3.63) is 70.3 Å². The summed E-state index contributed by atoms with van der Waals surface area (Å²) in [6.45, 7) is 5.27. The van der Waals surface area contributed by atoms with Gasteiger partial charge in [-0.1, -0.05) is 42.5 Å². The average Bonchev–Trinajstić information content (AvgIpc) is 2.37. The van der Waals surface area contributed by atoms with E-state index in [0.29, 0.717) is 0 Å². The van der Waals surface area contributed by atoms with Crippen molar-refractivity contribution in [3.8, 4) is 0 Å². The Labute approximate surface area is 110 Å². The molecular weight excluding hydrogens is 218 g/mol. The zero-order chi connectivity index (χ0) is 13.0. The lowest BCUT2D eigenvalue weighted by atomic mass is 10.00. The first-order valence-electron chi connectivity index (χ1n) is 6.47. The lowest BCUT2D eigenvalue weighted by Crippen LogP contribution is -2.04. The fraction of sp³-hybridized carbons (Fsp3) is 0.294. The van der Waals surface area contributed by atoms with Crippen LogP contribution in [0.25, 0.3) is 0 Å². The highest BCUT2D eigenvalue weighted by Gasteiger charge is 1.99. The van der Waals surface area contributed by atoms with Crippen molar-refractivity contribution >= 4 is 0 Å². The highest BCUT2D eigenvalue weighted by Crippen LogP contribution is 2.14. The molecule has 0 radical (unpaired) electrons. The minimum absolute atomic E-state index is 0.934. The van der Waals surface area contributed by atoms with Gasteiger partial charge in [0.15, 0.2) is 0 Å². The standard InChI is InChI=1S/C17H21N/c1-13-4-5-17(10-14(13)2)11-15-6-8-16(9-7-15)12-18-3/h4-10,18H,11-12H2,1-3H3. The van der Waals surface area contributed by atoms with Crippen LogP contribution >= 0.6 is 0 Å². The van der Waals surface area contributed by atoms with Crippen molar-refractivity contribution in [3.63, 3.8) is 0 Å². The number of hydrogen-bond acceptors (Lipinski definition) is 1. The summed E-state index contributed by atoms with van der Waals surface area (Å²) in [7, 11) is 1.98. The molecule has 0 saturated carbocycles. The van der Waals surface area contributed by atoms with Crippen LogP contribution < -0.4 is 5.32 Å². The van der Waals surface area contributed by atoms with E-state index in [1.165, 1.54) is 27.8 Å². The van der Waals surface area contributed by atoms with E-state index in [0.717, 1.165) is 13.0 Å². The van der Waals surface area contributed by atoms with E-state index in [1.54, 1.807) is 0 Å². The van der Waals surface area contributed by atoms with E-state index in [-0.39, 0.29) is 0 Å². The Bertz CT molecular complexity index is 512. The SMILES string of the molecule is CNCc1ccc(Cc2ccc(C)c(C)c2)cc1. The van der Waals surface area contributed by atoms with Gasteiger partial charge >= 0.3 is 0 Å². The van der Waals surface area contributed by atoms with Crippen molar-refractivity contribution in [2.75, 3.05) is 7.05 Å². The summed E-state index contributed by atoms with van der Waals surface area (Å²) < 4.78 is 0. The summed E-state index contributed by atoms with van der Waals surface area (Å²) >= 11 is 0. The van der Waals surface area contributed by atoms with Crippen LogP contribution in [0.3, 0.4) is 0 Å². The molecule has 18 heavy (non-hydrogen) atoms. The number of aryl methyl sites for hydroxylation is 2. The molecule has 0 saturated heterocycles. The summed E-state index contributed by atoms with van der Waals surface area (Å²) in [4.78, 5) is 0. The van der Waals surface area contributed by atoms with Gasteiger partial charge in [0.25, 0.3) is 0 Å². The second-order valence-corrected chi connectivity index (χ2v) is 4.94. The molecule has 1 nitrogen and oxygen atoms in total. The Morgan fingerprint density at radius 3 is 2.00 bits per heavy atom. The molecule has 0 aromatic heterocycles. The summed E-state index contributed by atoms with van der Waals surface area (Å²) in [5, 5.41) is 3.17. The van der Waals surface area contributed by atoms with Gasteiger partial charge in [0, 0.05) is 6.54 Å². The van der Waals surface area contributed by atoms with Gasteiger partial charge in [0.2, 0.25) is 0 Å². The quantitative estimate of drug-likeness (QED) is 0.859. The predicted molar refractivity (Wildman–Crippen MR) is 77.9 cm³/mol. The Balaban J connectivity index is 2.10. The predicted octanol–water partition coefficient (Wildman–Crippen LogP) is 3.61. The molecule has 0 fully saturated rings. The fourth-order valence-corrected chi connectivity index (χ4v) is 2.13. The number of hydrogen-bond donors (Lipinski definition) is 1. The Hall–Kier alpha value is -1.60. The molecule has 0 bridgehead atoms. The van der Waals surface area contributed by atoms with Crippen LogP contribution in [-0.2, 0) is 13.0 Å². The first-order chi connectivity index (χ1) is 8.69. The maximum atomic E-state index is 3.17. The zero-order valence-electron chi connectivity index (χ0n) is 11.5. The molecule has 0 atom stereocenters. The first kappa shape index (κ1) is 12.8. The summed E-state index contributed by atoms with van der Waals surface area (Å²) in [5.41, 5.74) is 6.83. The van der Waals surface area contributed by atoms with Crippen LogP contribution in [-0.4, -0.2) is 7.05 Å². The lowest BCUT2D eigenvalue weighted by Gasteiger charge is -2.07. The normalized spacial score (nSPS) is 10.6. The smallest absolute Gasteiger partial charge is 0.0202 e. The van der Waals surface area contributed by atoms with E-state index >= 15 is 0 Å². The molecular formula is C17H21N. The largest absolute Gasteiger partial charge is 0.316 e. The molecule has 0 aliphatic heterocycles. The van der Waals surface area contributed by atoms with Gasteiger partial charge in [0.1, 0.15) is 0 Å². The molecule has 94 valence electrons. The number of benzene rings is 2. The lowest BCUT2D eigenvalue weighted by molar-refractivity contribution is 0.817. The Kier molecular flexibility index (Phi) is 4.16. The maximum Gasteiger partial charge on any atom is 0.0202 e. The summed E-state index contributed by atoms with van der Waals surface area (Å²) in [6.07, 6.45) is 1.01. The van der Waals surface area contributed by atoms with Crippen molar-refractivity contribution in [1.82, 2.24) is 5.32 Å². The van der Waals surface area contributed by atoms with Gasteiger partial charge in [-0.3, -0.25) is 0 Å². The molecule has 2 aromatic carbocycles. The molecule has 0 unspecified atom stereocenters. The highest BCUT2D eigenvalue weighted by atomic mass is 14.8. The van der Waals surface area contributed by atoms with Crippen LogP contribution in [0.5, 0.6) is 0 Å². The van der Waals surface area contributed by atoms with E-state index < -0.39 is 0 Å². The van der Waals surface area contributed by atoms with Crippen LogP contribution in [0.15, 0.2) is 42.5 Å². The van der Waals surface area contributed by atoms with Gasteiger partial charge in [-0.05, 0) is 55.1 Å². The minimum atomic E-state index is 0.934. The van der Waals surface area contributed by atoms with Gasteiger partial charge in [-0.25, -0.2) is 0 Å². The third kappa shape index (κ3) is 3.21. The molecule has 0 heterocycles. The average molecular weight is 239 g/mol. The van der Waals surface area contributed by atoms with Crippen molar-refractivity contribution < 1.29 is 0 Å². The van der Waals surface area contributed by atoms with Crippen LogP contribution in [0.2, 0.25) is 0 Å². The molecule has 1 heteroatoms. The molecule has 1 N–H and O–H groups in total. The van der Waals surface area contributed by atoms with Gasteiger partial charge in [0.05, 0.1) is 0 Å². The van der Waals surface area contributed by atoms with E-state index in [1.807, 2.05) is 7.05 Å². The second-order valence-electron chi connectivity index (χ2n) is 4.94. The zero-order valence-corrected chi connectivity index (χ0v) is 11.5. The molecule has 0 aliphatic carbocycles. The summed E-state index contributed by atoms with van der Waals surface area (Å²) in [5.74, 6) is 0. The topological polar surface area (TPSA) is 12.0 Å². The first-order valence-corrected chi connectivity index (χ1v) is 6.47. The van der Waals surface area contributed by atoms with E-state index in [2.05, 4.69) is 61.6 Å². The molecule has 0 amide bonds. The molecule has 0 spiro atoms. The fourth-order valence-electron chi connectivity index (χ4n) is 2.13. The van der Waals surface area contributed by atoms with Gasteiger partial charge in [-0.15, -0.1) is 0 Å². The third-order valence-electron chi connectivity index (χ3n) is 3.38. The van der Waals surface area contributed by atoms with E-state index in [4.69, 9.17) is 0 Å². The molecule has 0 aliphatic rings. The molecule has 2 rings (SSSR count). The summed E-state index contributed by atoms with van der Waals surface area (Å²) in [6, 6.07) is 15.6. The maximum absolute atomic E-state index is 3.17. The van der Waals surface area contributed by atoms with Crippen LogP contribution in [0.1, 0.15) is 27.8 Å². The van der Waals surface area contributed by atoms with Crippen LogP contribution in [0, 0.1) is 13.8 Å². The van der Waals surface area contributed by atoms with E-state index in [9.17, 15) is 0 Å². The minimum Gasteiger partial charge on any atom is -0.316 e. The van der Waals surface area contributed by atoms with Crippen molar-refractivity contribution in [2.24, 2.45) is 0 Å². The Morgan fingerprint density at radius 1 is 0.778 bits per heavy atom. The van der Waals surface area contributed by atoms with Crippen LogP contribution in [0.4, 0.5) is 0 Å². The monoisotopic (exact) mass is 239 g/mol. The van der Waals surface area contributed by atoms with Gasteiger partial charge in [-0.2, -0.15) is 0 Å². The van der Waals surface area contributed by atoms with Crippen molar-refractivity contribution in [1.29, 1.82) is 0 Å². The third-order valence-corrected chi connectivity index (χ3v) is 3.38. The van der Waals surface area contributed by atoms with Gasteiger partial charge < -0.3 is 5.32 Å². The Morgan fingerprint density at radius 2 is 1.39 bits per heavy atom. The number of nitrogens with one attached hydrogen (secondary N) is 1. The highest BCUT2D eigenvalue weighted by molar-refractivity contribution is 5.34.